The number of hydrogen-bond donors (Lipinski definition) is 0. The summed E-state index contributed by atoms with van der Waals surface area (Å²) in [6.45, 7) is 3.91. The molecule has 0 saturated carbocycles. The molecule has 3 aromatic rings. The van der Waals surface area contributed by atoms with Crippen LogP contribution in [0.4, 0.5) is 5.69 Å². The molecule has 2 aliphatic heterocycles. The Morgan fingerprint density at radius 1 is 0.694 bits per heavy atom. The molecule has 1 saturated heterocycles. The Labute approximate surface area is 209 Å². The summed E-state index contributed by atoms with van der Waals surface area (Å²) in [4.78, 5) is 43.1. The van der Waals surface area contributed by atoms with Gasteiger partial charge >= 0.3 is 0 Å². The zero-order valence-corrected chi connectivity index (χ0v) is 20.7. The third kappa shape index (κ3) is 3.32. The van der Waals surface area contributed by atoms with Crippen molar-refractivity contribution in [2.45, 2.75) is 25.9 Å². The highest BCUT2D eigenvalue weighted by Crippen LogP contribution is 2.48. The van der Waals surface area contributed by atoms with Gasteiger partial charge in [-0.25, -0.2) is 0 Å². The van der Waals surface area contributed by atoms with E-state index in [4.69, 9.17) is 14.2 Å². The molecular weight excluding hydrogens is 460 g/mol. The number of carbonyl (C=O) groups is 3. The third-order valence-corrected chi connectivity index (χ3v) is 6.81. The maximum atomic E-state index is 13.7. The van der Waals surface area contributed by atoms with Gasteiger partial charge in [0.1, 0.15) is 6.04 Å². The number of methoxy groups -OCH3 is 3. The van der Waals surface area contributed by atoms with E-state index in [9.17, 15) is 14.4 Å². The number of imide groups is 1. The van der Waals surface area contributed by atoms with Crippen molar-refractivity contribution in [3.63, 3.8) is 0 Å². The molecule has 36 heavy (non-hydrogen) atoms. The maximum absolute atomic E-state index is 13.7. The van der Waals surface area contributed by atoms with Gasteiger partial charge in [0.05, 0.1) is 38.5 Å². The van der Waals surface area contributed by atoms with Crippen molar-refractivity contribution in [3.05, 3.63) is 82.4 Å². The standard InChI is InChI=1S/C28H26N2O6/c1-15-10-11-20(16(2)12-15)29-23(17-13-21(34-3)25(36-5)22(14-17)35-4)24(28(29)33)30-26(31)18-8-6-7-9-19(18)27(30)32/h6-14,23-24H,1-5H3/t23-,24-/m0/s1. The minimum Gasteiger partial charge on any atom is -0.493 e. The van der Waals surface area contributed by atoms with Crippen LogP contribution in [0.1, 0.15) is 43.4 Å². The van der Waals surface area contributed by atoms with E-state index in [-0.39, 0.29) is 5.91 Å². The smallest absolute Gasteiger partial charge is 0.262 e. The number of hydrogen-bond acceptors (Lipinski definition) is 6. The third-order valence-electron chi connectivity index (χ3n) is 6.81. The lowest BCUT2D eigenvalue weighted by molar-refractivity contribution is -0.130. The van der Waals surface area contributed by atoms with Crippen molar-refractivity contribution in [1.29, 1.82) is 0 Å². The van der Waals surface area contributed by atoms with E-state index < -0.39 is 23.9 Å². The molecule has 2 heterocycles. The van der Waals surface area contributed by atoms with Crippen LogP contribution >= 0.6 is 0 Å². The van der Waals surface area contributed by atoms with Gasteiger partial charge in [-0.1, -0.05) is 29.8 Å². The Balaban J connectivity index is 1.67. The van der Waals surface area contributed by atoms with Crippen LogP contribution in [-0.4, -0.2) is 50.0 Å². The number of ether oxygens (including phenoxy) is 3. The highest BCUT2D eigenvalue weighted by Gasteiger charge is 2.57. The van der Waals surface area contributed by atoms with Crippen LogP contribution in [0.25, 0.3) is 0 Å². The Morgan fingerprint density at radius 2 is 1.28 bits per heavy atom. The lowest BCUT2D eigenvalue weighted by Crippen LogP contribution is -2.67. The molecule has 2 aliphatic rings. The number of amides is 3. The van der Waals surface area contributed by atoms with Gasteiger partial charge in [-0.3, -0.25) is 19.3 Å². The molecule has 8 nitrogen and oxygen atoms in total. The van der Waals surface area contributed by atoms with Gasteiger partial charge < -0.3 is 19.1 Å². The van der Waals surface area contributed by atoms with E-state index in [2.05, 4.69) is 0 Å². The number of aryl methyl sites for hydroxylation is 2. The van der Waals surface area contributed by atoms with Gasteiger partial charge in [-0.2, -0.15) is 0 Å². The molecule has 0 aromatic heterocycles. The lowest BCUT2D eigenvalue weighted by Gasteiger charge is -2.50. The van der Waals surface area contributed by atoms with Crippen LogP contribution in [-0.2, 0) is 4.79 Å². The summed E-state index contributed by atoms with van der Waals surface area (Å²) < 4.78 is 16.5. The topological polar surface area (TPSA) is 85.4 Å². The second-order valence-corrected chi connectivity index (χ2v) is 8.87. The van der Waals surface area contributed by atoms with Gasteiger partial charge in [-0.15, -0.1) is 0 Å². The summed E-state index contributed by atoms with van der Waals surface area (Å²) in [5.74, 6) is -0.0703. The van der Waals surface area contributed by atoms with Crippen LogP contribution in [0.3, 0.4) is 0 Å². The first-order valence-corrected chi connectivity index (χ1v) is 11.5. The molecule has 0 N–H and O–H groups in total. The number of β-lactam (4-membered cyclic amide) rings is 1. The Kier molecular flexibility index (Phi) is 5.67. The number of anilines is 1. The average Bonchev–Trinajstić information content (AvgIpc) is 3.12. The number of nitrogens with zero attached hydrogens (tertiary/aromatic N) is 2. The maximum Gasteiger partial charge on any atom is 0.262 e. The second-order valence-electron chi connectivity index (χ2n) is 8.87. The molecule has 0 unspecified atom stereocenters. The Bertz CT molecular complexity index is 1350. The van der Waals surface area contributed by atoms with Crippen molar-refractivity contribution in [3.8, 4) is 17.2 Å². The first-order valence-electron chi connectivity index (χ1n) is 11.5. The molecular formula is C28H26N2O6. The quantitative estimate of drug-likeness (QED) is 0.386. The van der Waals surface area contributed by atoms with Crippen LogP contribution < -0.4 is 19.1 Å². The van der Waals surface area contributed by atoms with E-state index in [1.165, 1.54) is 21.3 Å². The van der Waals surface area contributed by atoms with Gasteiger partial charge in [0.2, 0.25) is 5.75 Å². The number of carbonyl (C=O) groups excluding carboxylic acids is 3. The van der Waals surface area contributed by atoms with Crippen LogP contribution in [0.5, 0.6) is 17.2 Å². The molecule has 0 spiro atoms. The van der Waals surface area contributed by atoms with Crippen LogP contribution in [0, 0.1) is 13.8 Å². The van der Waals surface area contributed by atoms with Crippen molar-refractivity contribution in [2.75, 3.05) is 26.2 Å². The van der Waals surface area contributed by atoms with E-state index in [1.807, 2.05) is 32.0 Å². The molecule has 3 aromatic carbocycles. The average molecular weight is 487 g/mol. The number of rotatable bonds is 6. The van der Waals surface area contributed by atoms with E-state index in [1.54, 1.807) is 41.3 Å². The Hall–Kier alpha value is -4.33. The summed E-state index contributed by atoms with van der Waals surface area (Å²) in [6.07, 6.45) is 0. The summed E-state index contributed by atoms with van der Waals surface area (Å²) >= 11 is 0. The SMILES string of the molecule is COc1cc([C@H]2[C@H](N3C(=O)c4ccccc4C3=O)C(=O)N2c2ccc(C)cc2C)cc(OC)c1OC. The monoisotopic (exact) mass is 486 g/mol. The van der Waals surface area contributed by atoms with Crippen molar-refractivity contribution >= 4 is 23.4 Å². The van der Waals surface area contributed by atoms with Gasteiger partial charge in [0, 0.05) is 5.69 Å². The Morgan fingerprint density at radius 3 is 1.78 bits per heavy atom. The molecule has 5 rings (SSSR count). The summed E-state index contributed by atoms with van der Waals surface area (Å²) in [7, 11) is 4.53. The minimum absolute atomic E-state index is 0.295. The largest absolute Gasteiger partial charge is 0.493 e. The fraction of sp³-hybridized carbons (Fsp3) is 0.250. The molecule has 2 atom stereocenters. The highest BCUT2D eigenvalue weighted by molar-refractivity contribution is 6.24. The summed E-state index contributed by atoms with van der Waals surface area (Å²) in [6, 6.07) is 14.2. The molecule has 3 amide bonds. The first kappa shape index (κ1) is 23.4. The zero-order valence-electron chi connectivity index (χ0n) is 20.7. The predicted octanol–water partition coefficient (Wildman–Crippen LogP) is 4.08. The fourth-order valence-electron chi connectivity index (χ4n) is 5.13. The van der Waals surface area contributed by atoms with E-state index in [0.717, 1.165) is 16.0 Å². The van der Waals surface area contributed by atoms with E-state index >= 15 is 0 Å². The summed E-state index contributed by atoms with van der Waals surface area (Å²) in [5, 5.41) is 0. The van der Waals surface area contributed by atoms with Gasteiger partial charge in [-0.05, 0) is 55.3 Å². The van der Waals surface area contributed by atoms with Crippen LogP contribution in [0.2, 0.25) is 0 Å². The zero-order chi connectivity index (χ0) is 25.7. The number of benzene rings is 3. The summed E-state index contributed by atoms with van der Waals surface area (Å²) in [5.41, 5.74) is 3.91. The molecule has 0 bridgehead atoms. The first-order chi connectivity index (χ1) is 17.3. The molecule has 8 heteroatoms. The van der Waals surface area contributed by atoms with Gasteiger partial charge in [0.25, 0.3) is 17.7 Å². The van der Waals surface area contributed by atoms with Gasteiger partial charge in [0.15, 0.2) is 11.5 Å². The van der Waals surface area contributed by atoms with Crippen molar-refractivity contribution < 1.29 is 28.6 Å². The second kappa shape index (κ2) is 8.71. The van der Waals surface area contributed by atoms with E-state index in [0.29, 0.717) is 39.6 Å². The molecule has 0 radical (unpaired) electrons. The normalized spacial score (nSPS) is 18.8. The van der Waals surface area contributed by atoms with Crippen molar-refractivity contribution in [2.24, 2.45) is 0 Å². The van der Waals surface area contributed by atoms with Crippen LogP contribution in [0.15, 0.2) is 54.6 Å². The predicted molar refractivity (Wildman–Crippen MR) is 133 cm³/mol. The molecule has 1 fully saturated rings. The molecule has 184 valence electrons. The van der Waals surface area contributed by atoms with Crippen molar-refractivity contribution in [1.82, 2.24) is 4.90 Å². The highest BCUT2D eigenvalue weighted by atomic mass is 16.5. The fourth-order valence-corrected chi connectivity index (χ4v) is 5.13. The minimum atomic E-state index is -1.03. The lowest BCUT2D eigenvalue weighted by atomic mass is 9.85. The molecule has 0 aliphatic carbocycles. The number of fused-ring (bicyclic) bond motifs is 1.